The molecule has 0 saturated carbocycles. The van der Waals surface area contributed by atoms with Crippen LogP contribution in [0.5, 0.6) is 11.5 Å². The van der Waals surface area contributed by atoms with Gasteiger partial charge in [-0.25, -0.2) is 9.18 Å². The van der Waals surface area contributed by atoms with E-state index in [4.69, 9.17) is 4.74 Å². The maximum absolute atomic E-state index is 14.5. The van der Waals surface area contributed by atoms with E-state index in [1.807, 2.05) is 79.7 Å². The van der Waals surface area contributed by atoms with Gasteiger partial charge >= 0.3 is 6.03 Å². The number of hydrogen-bond donors (Lipinski definition) is 2. The quantitative estimate of drug-likeness (QED) is 0.248. The normalized spacial score (nSPS) is 16.8. The number of anilines is 1. The van der Waals surface area contributed by atoms with Gasteiger partial charge in [0.1, 0.15) is 23.4 Å². The number of urea groups is 1. The third kappa shape index (κ3) is 5.76. The number of nitrogens with one attached hydrogen (secondary N) is 2. The lowest BCUT2D eigenvalue weighted by atomic mass is 9.95. The first-order valence-electron chi connectivity index (χ1n) is 14.5. The molecule has 4 amide bonds. The number of ether oxygens (including phenoxy) is 1. The number of carbonyl (C=O) groups excluding carboxylic acids is 3. The van der Waals surface area contributed by atoms with E-state index < -0.39 is 23.8 Å². The van der Waals surface area contributed by atoms with E-state index in [1.165, 1.54) is 28.0 Å². The Labute approximate surface area is 254 Å². The molecule has 0 unspecified atom stereocenters. The van der Waals surface area contributed by atoms with Crippen molar-refractivity contribution in [3.63, 3.8) is 0 Å². The second-order valence-electron chi connectivity index (χ2n) is 10.6. The Morgan fingerprint density at radius 2 is 1.61 bits per heavy atom. The van der Waals surface area contributed by atoms with E-state index in [9.17, 15) is 18.8 Å². The summed E-state index contributed by atoms with van der Waals surface area (Å²) in [6.07, 6.45) is 0.200. The smallest absolute Gasteiger partial charge is 0.322 e. The number of amides is 4. The number of hydrogen-bond acceptors (Lipinski definition) is 4. The van der Waals surface area contributed by atoms with E-state index >= 15 is 0 Å². The zero-order valence-electron chi connectivity index (χ0n) is 24.1. The molecule has 2 heterocycles. The highest BCUT2D eigenvalue weighted by Gasteiger charge is 2.47. The number of rotatable bonds is 9. The summed E-state index contributed by atoms with van der Waals surface area (Å²) in [7, 11) is 0. The molecule has 222 valence electrons. The number of carbonyl (C=O) groups is 3. The minimum absolute atomic E-state index is 0.0278. The lowest BCUT2D eigenvalue weighted by Gasteiger charge is -2.33. The summed E-state index contributed by atoms with van der Waals surface area (Å²) in [6.45, 7) is 2.22. The van der Waals surface area contributed by atoms with Crippen molar-refractivity contribution in [1.82, 2.24) is 15.1 Å². The van der Waals surface area contributed by atoms with Gasteiger partial charge in [0.05, 0.1) is 29.5 Å². The summed E-state index contributed by atoms with van der Waals surface area (Å²) >= 11 is 0. The summed E-state index contributed by atoms with van der Waals surface area (Å²) in [4.78, 5) is 44.4. The van der Waals surface area contributed by atoms with Crippen LogP contribution in [0.2, 0.25) is 0 Å². The number of para-hydroxylation sites is 2. The van der Waals surface area contributed by atoms with E-state index in [2.05, 4.69) is 10.6 Å². The first-order valence-corrected chi connectivity index (χ1v) is 14.5. The molecule has 0 saturated heterocycles. The molecule has 4 aromatic carbocycles. The molecule has 2 atom stereocenters. The third-order valence-electron chi connectivity index (χ3n) is 7.82. The molecule has 2 aliphatic rings. The van der Waals surface area contributed by atoms with Crippen LogP contribution in [-0.4, -0.2) is 46.8 Å². The second kappa shape index (κ2) is 12.4. The van der Waals surface area contributed by atoms with Crippen LogP contribution in [0.1, 0.15) is 24.1 Å². The van der Waals surface area contributed by atoms with Crippen molar-refractivity contribution in [1.29, 1.82) is 0 Å². The van der Waals surface area contributed by atoms with Crippen LogP contribution in [0.3, 0.4) is 0 Å². The Balaban J connectivity index is 1.34. The third-order valence-corrected chi connectivity index (χ3v) is 7.82. The van der Waals surface area contributed by atoms with Gasteiger partial charge in [0.15, 0.2) is 0 Å². The van der Waals surface area contributed by atoms with Crippen LogP contribution in [0.4, 0.5) is 14.9 Å². The molecule has 0 fully saturated rings. The topological polar surface area (TPSA) is 91.0 Å². The van der Waals surface area contributed by atoms with Gasteiger partial charge in [0.2, 0.25) is 5.91 Å². The summed E-state index contributed by atoms with van der Waals surface area (Å²) in [5, 5.41) is 5.67. The van der Waals surface area contributed by atoms with Gasteiger partial charge in [-0.3, -0.25) is 14.5 Å². The molecule has 6 rings (SSSR count). The van der Waals surface area contributed by atoms with Crippen LogP contribution >= 0.6 is 0 Å². The van der Waals surface area contributed by atoms with Gasteiger partial charge in [-0.05, 0) is 54.4 Å². The fourth-order valence-corrected chi connectivity index (χ4v) is 5.69. The van der Waals surface area contributed by atoms with Gasteiger partial charge < -0.3 is 20.3 Å². The molecule has 0 aliphatic carbocycles. The predicted octanol–water partition coefficient (Wildman–Crippen LogP) is 6.05. The minimum atomic E-state index is -0.975. The molecule has 0 bridgehead atoms. The molecule has 0 radical (unpaired) electrons. The predicted molar refractivity (Wildman–Crippen MR) is 164 cm³/mol. The summed E-state index contributed by atoms with van der Waals surface area (Å²) in [6, 6.07) is 29.7. The molecule has 0 aromatic heterocycles. The Kier molecular flexibility index (Phi) is 8.10. The van der Waals surface area contributed by atoms with Crippen molar-refractivity contribution in [2.75, 3.05) is 18.4 Å². The summed E-state index contributed by atoms with van der Waals surface area (Å²) < 4.78 is 20.5. The molecule has 44 heavy (non-hydrogen) atoms. The highest BCUT2D eigenvalue weighted by molar-refractivity contribution is 6.05. The number of halogens is 1. The largest absolute Gasteiger partial charge is 0.457 e. The molecule has 2 aliphatic heterocycles. The first kappa shape index (κ1) is 28.7. The van der Waals surface area contributed by atoms with Crippen molar-refractivity contribution in [2.45, 2.75) is 25.4 Å². The Bertz CT molecular complexity index is 1730. The molecular formula is C35H31FN4O4. The highest BCUT2D eigenvalue weighted by Crippen LogP contribution is 2.38. The van der Waals surface area contributed by atoms with E-state index in [0.29, 0.717) is 34.9 Å². The fourth-order valence-electron chi connectivity index (χ4n) is 5.69. The van der Waals surface area contributed by atoms with Crippen molar-refractivity contribution >= 4 is 23.5 Å². The van der Waals surface area contributed by atoms with E-state index in [1.54, 1.807) is 18.2 Å². The average Bonchev–Trinajstić information content (AvgIpc) is 3.38. The first-order chi connectivity index (χ1) is 21.4. The van der Waals surface area contributed by atoms with Gasteiger partial charge in [-0.15, -0.1) is 0 Å². The van der Waals surface area contributed by atoms with Crippen molar-refractivity contribution in [2.24, 2.45) is 0 Å². The maximum Gasteiger partial charge on any atom is 0.322 e. The molecule has 4 aromatic rings. The van der Waals surface area contributed by atoms with Crippen LogP contribution in [0.25, 0.3) is 0 Å². The zero-order chi connectivity index (χ0) is 30.6. The van der Waals surface area contributed by atoms with Gasteiger partial charge in [-0.2, -0.15) is 0 Å². The number of likely N-dealkylation sites (N-methyl/N-ethyl adjacent to an activating group) is 1. The maximum atomic E-state index is 14.5. The Morgan fingerprint density at radius 1 is 0.932 bits per heavy atom. The molecule has 0 spiro atoms. The SMILES string of the molecule is CCN1C(=O)N[C@H](c2cccc(Oc3ccccc3)c2)C2=C1CN([C@@H](Cc1ccccc1)C(=O)Nc1ccccc1F)C2=O. The van der Waals surface area contributed by atoms with Crippen LogP contribution < -0.4 is 15.4 Å². The standard InChI is InChI=1S/C35H31FN4O4/c1-2-39-30-22-40(29(20-23-12-5-3-6-13-23)33(41)37-28-19-10-9-18-27(28)36)34(42)31(30)32(38-35(39)43)24-14-11-17-26(21-24)44-25-15-7-4-8-16-25/h3-19,21,29,32H,2,20,22H2,1H3,(H,37,41)(H,38,43)/t29-,32+/m0/s1. The van der Waals surface area contributed by atoms with Gasteiger partial charge in [0, 0.05) is 13.0 Å². The van der Waals surface area contributed by atoms with Crippen LogP contribution in [-0.2, 0) is 16.0 Å². The van der Waals surface area contributed by atoms with E-state index in [-0.39, 0.29) is 30.6 Å². The van der Waals surface area contributed by atoms with Crippen molar-refractivity contribution < 1.29 is 23.5 Å². The number of nitrogens with zero attached hydrogens (tertiary/aromatic N) is 2. The summed E-state index contributed by atoms with van der Waals surface area (Å²) in [5.74, 6) is -0.264. The Hall–Kier alpha value is -5.44. The van der Waals surface area contributed by atoms with E-state index in [0.717, 1.165) is 5.56 Å². The van der Waals surface area contributed by atoms with Gasteiger partial charge in [-0.1, -0.05) is 72.8 Å². The molecule has 9 heteroatoms. The van der Waals surface area contributed by atoms with Gasteiger partial charge in [0.25, 0.3) is 5.91 Å². The van der Waals surface area contributed by atoms with Crippen molar-refractivity contribution in [3.8, 4) is 11.5 Å². The van der Waals surface area contributed by atoms with Crippen LogP contribution in [0.15, 0.2) is 120 Å². The highest BCUT2D eigenvalue weighted by atomic mass is 19.1. The average molecular weight is 591 g/mol. The lowest BCUT2D eigenvalue weighted by Crippen LogP contribution is -2.47. The lowest BCUT2D eigenvalue weighted by molar-refractivity contribution is -0.134. The molecular weight excluding hydrogens is 559 g/mol. The monoisotopic (exact) mass is 590 g/mol. The Morgan fingerprint density at radius 3 is 2.34 bits per heavy atom. The number of benzene rings is 4. The fraction of sp³-hybridized carbons (Fsp3) is 0.171. The molecule has 8 nitrogen and oxygen atoms in total. The van der Waals surface area contributed by atoms with Crippen LogP contribution in [0, 0.1) is 5.82 Å². The minimum Gasteiger partial charge on any atom is -0.457 e. The molecule has 2 N–H and O–H groups in total. The zero-order valence-corrected chi connectivity index (χ0v) is 24.1. The second-order valence-corrected chi connectivity index (χ2v) is 10.6. The summed E-state index contributed by atoms with van der Waals surface area (Å²) in [5.41, 5.74) is 2.46. The van der Waals surface area contributed by atoms with Crippen molar-refractivity contribution in [3.05, 3.63) is 137 Å².